The molecule has 11 nitrogen and oxygen atoms in total. The van der Waals surface area contributed by atoms with Crippen molar-refractivity contribution < 1.29 is 14.3 Å². The molecule has 42 heavy (non-hydrogen) atoms. The Morgan fingerprint density at radius 1 is 1.00 bits per heavy atom. The fraction of sp³-hybridized carbons (Fsp3) is 0.433. The van der Waals surface area contributed by atoms with Crippen molar-refractivity contribution in [1.29, 1.82) is 0 Å². The Kier molecular flexibility index (Phi) is 8.23. The number of nitrogens with zero attached hydrogens (tertiary/aromatic N) is 5. The van der Waals surface area contributed by atoms with Crippen LogP contribution < -0.4 is 30.3 Å². The summed E-state index contributed by atoms with van der Waals surface area (Å²) < 4.78 is 10.8. The number of carbonyl (C=O) groups excluding carboxylic acids is 1. The maximum atomic E-state index is 13.4. The van der Waals surface area contributed by atoms with Gasteiger partial charge < -0.3 is 35.2 Å². The smallest absolute Gasteiger partial charge is 0.256 e. The van der Waals surface area contributed by atoms with E-state index in [0.29, 0.717) is 57.8 Å². The van der Waals surface area contributed by atoms with Crippen LogP contribution in [-0.4, -0.2) is 92.3 Å². The van der Waals surface area contributed by atoms with Crippen LogP contribution in [0.15, 0.2) is 36.5 Å². The lowest BCUT2D eigenvalue weighted by Crippen LogP contribution is -2.52. The molecule has 222 valence electrons. The van der Waals surface area contributed by atoms with Gasteiger partial charge in [-0.25, -0.2) is 4.98 Å². The molecule has 2 saturated heterocycles. The molecule has 0 atom stereocenters. The van der Waals surface area contributed by atoms with E-state index in [2.05, 4.69) is 41.8 Å². The average molecular weight is 593 g/mol. The van der Waals surface area contributed by atoms with Gasteiger partial charge in [0.1, 0.15) is 16.5 Å². The van der Waals surface area contributed by atoms with Gasteiger partial charge in [0, 0.05) is 76.2 Å². The van der Waals surface area contributed by atoms with Crippen LogP contribution in [0.25, 0.3) is 0 Å². The van der Waals surface area contributed by atoms with Crippen molar-refractivity contribution in [2.24, 2.45) is 0 Å². The molecule has 0 spiro atoms. The Bertz CT molecular complexity index is 1460. The van der Waals surface area contributed by atoms with Crippen molar-refractivity contribution in [2.45, 2.75) is 25.4 Å². The summed E-state index contributed by atoms with van der Waals surface area (Å²) in [4.78, 5) is 29.2. The highest BCUT2D eigenvalue weighted by molar-refractivity contribution is 6.33. The van der Waals surface area contributed by atoms with Gasteiger partial charge in [-0.15, -0.1) is 0 Å². The Hall–Kier alpha value is -3.80. The number of fused-ring (bicyclic) bond motifs is 1. The molecule has 12 heteroatoms. The first-order chi connectivity index (χ1) is 20.4. The zero-order chi connectivity index (χ0) is 29.2. The van der Waals surface area contributed by atoms with Gasteiger partial charge in [0.2, 0.25) is 5.95 Å². The summed E-state index contributed by atoms with van der Waals surface area (Å²) in [6, 6.07) is 10.1. The van der Waals surface area contributed by atoms with Crippen molar-refractivity contribution in [2.75, 3.05) is 76.1 Å². The Labute approximate surface area is 251 Å². The van der Waals surface area contributed by atoms with Crippen LogP contribution in [0.1, 0.15) is 28.8 Å². The maximum Gasteiger partial charge on any atom is 0.256 e. The molecule has 3 aliphatic heterocycles. The molecule has 0 bridgehead atoms. The van der Waals surface area contributed by atoms with E-state index in [1.165, 1.54) is 6.20 Å². The monoisotopic (exact) mass is 592 g/mol. The number of hydrogen-bond donors (Lipinski definition) is 3. The van der Waals surface area contributed by atoms with Crippen molar-refractivity contribution in [1.82, 2.24) is 25.1 Å². The van der Waals surface area contributed by atoms with E-state index in [0.717, 1.165) is 63.4 Å². The summed E-state index contributed by atoms with van der Waals surface area (Å²) in [7, 11) is 5.03. The number of halogens is 1. The molecule has 0 radical (unpaired) electrons. The first-order valence-electron chi connectivity index (χ1n) is 14.3. The lowest BCUT2D eigenvalue weighted by molar-refractivity contribution is 0.0817. The van der Waals surface area contributed by atoms with Gasteiger partial charge in [0.05, 0.1) is 37.4 Å². The van der Waals surface area contributed by atoms with Crippen LogP contribution >= 0.6 is 11.6 Å². The Morgan fingerprint density at radius 2 is 1.76 bits per heavy atom. The van der Waals surface area contributed by atoms with Gasteiger partial charge in [-0.1, -0.05) is 11.6 Å². The largest absolute Gasteiger partial charge is 0.497 e. The van der Waals surface area contributed by atoms with Gasteiger partial charge >= 0.3 is 0 Å². The molecular weight excluding hydrogens is 556 g/mol. The normalized spacial score (nSPS) is 17.8. The van der Waals surface area contributed by atoms with E-state index in [1.807, 2.05) is 25.2 Å². The minimum absolute atomic E-state index is 0.0171. The zero-order valence-corrected chi connectivity index (χ0v) is 25.0. The highest BCUT2D eigenvalue weighted by Crippen LogP contribution is 2.39. The third-order valence-electron chi connectivity index (χ3n) is 8.37. The number of piperazine rings is 1. The Balaban J connectivity index is 1.23. The molecule has 3 N–H and O–H groups in total. The molecule has 6 rings (SSSR count). The molecule has 4 heterocycles. The van der Waals surface area contributed by atoms with Crippen LogP contribution in [0.3, 0.4) is 0 Å². The molecule has 3 aromatic rings. The minimum Gasteiger partial charge on any atom is -0.497 e. The van der Waals surface area contributed by atoms with Gasteiger partial charge in [-0.05, 0) is 37.1 Å². The molecule has 2 aromatic carbocycles. The van der Waals surface area contributed by atoms with Gasteiger partial charge in [-0.2, -0.15) is 4.98 Å². The molecular formula is C30H37ClN8O3. The zero-order valence-electron chi connectivity index (χ0n) is 24.2. The van der Waals surface area contributed by atoms with E-state index < -0.39 is 0 Å². The van der Waals surface area contributed by atoms with Gasteiger partial charge in [-0.3, -0.25) is 9.69 Å². The number of carbonyl (C=O) groups is 1. The van der Waals surface area contributed by atoms with Crippen molar-refractivity contribution in [3.8, 4) is 11.5 Å². The number of hydrogen-bond acceptors (Lipinski definition) is 10. The number of anilines is 5. The number of methoxy groups -OCH3 is 2. The number of benzene rings is 2. The lowest BCUT2D eigenvalue weighted by Gasteiger charge is -2.41. The lowest BCUT2D eigenvalue weighted by atomic mass is 9.99. The van der Waals surface area contributed by atoms with Gasteiger partial charge in [0.25, 0.3) is 5.91 Å². The summed E-state index contributed by atoms with van der Waals surface area (Å²) in [5.74, 6) is 1.97. The van der Waals surface area contributed by atoms with Crippen molar-refractivity contribution in [3.05, 3.63) is 52.7 Å². The van der Waals surface area contributed by atoms with E-state index in [1.54, 1.807) is 25.2 Å². The van der Waals surface area contributed by atoms with Crippen LogP contribution in [-0.2, 0) is 6.54 Å². The summed E-state index contributed by atoms with van der Waals surface area (Å²) in [6.45, 7) is 6.91. The molecule has 2 fully saturated rings. The van der Waals surface area contributed by atoms with Crippen LogP contribution in [0.2, 0.25) is 5.02 Å². The highest BCUT2D eigenvalue weighted by atomic mass is 35.5. The quantitative estimate of drug-likeness (QED) is 0.354. The number of piperidine rings is 1. The molecule has 1 aromatic heterocycles. The van der Waals surface area contributed by atoms with Crippen molar-refractivity contribution in [3.63, 3.8) is 0 Å². The van der Waals surface area contributed by atoms with E-state index in [-0.39, 0.29) is 5.91 Å². The average Bonchev–Trinajstić information content (AvgIpc) is 3.33. The number of rotatable bonds is 8. The van der Waals surface area contributed by atoms with E-state index in [9.17, 15) is 4.79 Å². The molecule has 1 amide bonds. The predicted molar refractivity (Wildman–Crippen MR) is 165 cm³/mol. The standard InChI is InChI=1S/C30H37ClN8O3/c1-37-18-21-25(39-12-8-19(9-13-39)38-14-10-32-11-15-38)7-6-24(27(21)29(37)40)34-28-22(31)17-33-30(36-28)35-23-5-4-20(41-2)16-26(23)42-3/h4-7,16-17,19,32H,8-15,18H2,1-3H3,(H2,33,34,35,36). The minimum atomic E-state index is -0.0171. The molecule has 0 saturated carbocycles. The van der Waals surface area contributed by atoms with Crippen LogP contribution in [0.5, 0.6) is 11.5 Å². The SMILES string of the molecule is COc1ccc(Nc2ncc(Cl)c(Nc3ccc(N4CCC(N5CCNCC5)CC4)c4c3C(=O)N(C)C4)n2)c(OC)c1. The second kappa shape index (κ2) is 12.2. The van der Waals surface area contributed by atoms with Crippen molar-refractivity contribution >= 4 is 46.3 Å². The predicted octanol–water partition coefficient (Wildman–Crippen LogP) is 4.09. The van der Waals surface area contributed by atoms with Crippen LogP contribution in [0.4, 0.5) is 28.8 Å². The first-order valence-corrected chi connectivity index (χ1v) is 14.7. The Morgan fingerprint density at radius 3 is 2.50 bits per heavy atom. The third-order valence-corrected chi connectivity index (χ3v) is 8.65. The number of amides is 1. The fourth-order valence-corrected chi connectivity index (χ4v) is 6.26. The third kappa shape index (κ3) is 5.64. The van der Waals surface area contributed by atoms with E-state index in [4.69, 9.17) is 21.1 Å². The summed E-state index contributed by atoms with van der Waals surface area (Å²) >= 11 is 6.53. The summed E-state index contributed by atoms with van der Waals surface area (Å²) in [5, 5.41) is 10.3. The number of nitrogens with one attached hydrogen (secondary N) is 3. The molecule has 0 unspecified atom stereocenters. The molecule has 3 aliphatic rings. The second-order valence-electron chi connectivity index (χ2n) is 10.9. The highest BCUT2D eigenvalue weighted by Gasteiger charge is 2.33. The van der Waals surface area contributed by atoms with E-state index >= 15 is 0 Å². The topological polar surface area (TPSA) is 107 Å². The summed E-state index contributed by atoms with van der Waals surface area (Å²) in [6.07, 6.45) is 3.79. The van der Waals surface area contributed by atoms with Gasteiger partial charge in [0.15, 0.2) is 5.82 Å². The fourth-order valence-electron chi connectivity index (χ4n) is 6.13. The first kappa shape index (κ1) is 28.3. The second-order valence-corrected chi connectivity index (χ2v) is 11.3. The maximum absolute atomic E-state index is 13.4. The molecule has 0 aliphatic carbocycles. The van der Waals surface area contributed by atoms with Crippen LogP contribution in [0, 0.1) is 0 Å². The number of aromatic nitrogens is 2. The summed E-state index contributed by atoms with van der Waals surface area (Å²) in [5.41, 5.74) is 4.19. The number of ether oxygens (including phenoxy) is 2.